The van der Waals surface area contributed by atoms with E-state index in [4.69, 9.17) is 0 Å². The quantitative estimate of drug-likeness (QED) is 0.891. The van der Waals surface area contributed by atoms with Gasteiger partial charge in [0.2, 0.25) is 0 Å². The maximum absolute atomic E-state index is 4.63. The van der Waals surface area contributed by atoms with Crippen molar-refractivity contribution in [1.29, 1.82) is 0 Å². The summed E-state index contributed by atoms with van der Waals surface area (Å²) in [4.78, 5) is 9.02. The Balaban J connectivity index is 2.32. The van der Waals surface area contributed by atoms with Crippen LogP contribution in [-0.2, 0) is 0 Å². The lowest BCUT2D eigenvalue weighted by Gasteiger charge is -2.18. The fourth-order valence-corrected chi connectivity index (χ4v) is 2.06. The highest BCUT2D eigenvalue weighted by atomic mass is 14.9. The molecule has 2 aromatic heterocycles. The molecule has 0 aliphatic rings. The molecule has 100 valence electrons. The van der Waals surface area contributed by atoms with Gasteiger partial charge < -0.3 is 5.32 Å². The molecular formula is C16H21N3. The van der Waals surface area contributed by atoms with Gasteiger partial charge in [-0.15, -0.1) is 0 Å². The molecule has 0 aliphatic carbocycles. The lowest BCUT2D eigenvalue weighted by Crippen LogP contribution is -2.24. The summed E-state index contributed by atoms with van der Waals surface area (Å²) in [6.45, 7) is 7.16. The first-order valence-corrected chi connectivity index (χ1v) is 6.80. The number of rotatable bonds is 5. The van der Waals surface area contributed by atoms with Crippen LogP contribution in [0.4, 0.5) is 0 Å². The SMILES string of the molecule is CCCNC(c1ccc(C)nc1)c1cccc(C)n1. The van der Waals surface area contributed by atoms with Gasteiger partial charge in [0.25, 0.3) is 0 Å². The Morgan fingerprint density at radius 3 is 2.58 bits per heavy atom. The smallest absolute Gasteiger partial charge is 0.0766 e. The third-order valence-electron chi connectivity index (χ3n) is 3.07. The molecular weight excluding hydrogens is 234 g/mol. The largest absolute Gasteiger partial charge is 0.305 e. The molecule has 0 radical (unpaired) electrons. The molecule has 0 aromatic carbocycles. The lowest BCUT2D eigenvalue weighted by atomic mass is 10.0. The summed E-state index contributed by atoms with van der Waals surface area (Å²) >= 11 is 0. The molecule has 0 saturated carbocycles. The zero-order valence-electron chi connectivity index (χ0n) is 11.9. The second kappa shape index (κ2) is 6.43. The van der Waals surface area contributed by atoms with Crippen molar-refractivity contribution in [2.75, 3.05) is 6.54 Å². The fourth-order valence-electron chi connectivity index (χ4n) is 2.06. The van der Waals surface area contributed by atoms with Crippen LogP contribution in [0.5, 0.6) is 0 Å². The minimum absolute atomic E-state index is 0.118. The molecule has 2 rings (SSSR count). The first kappa shape index (κ1) is 13.7. The standard InChI is InChI=1S/C16H21N3/c1-4-10-17-16(14-9-8-12(2)18-11-14)15-7-5-6-13(3)19-15/h5-9,11,16-17H,4,10H2,1-3H3. The molecule has 0 saturated heterocycles. The Morgan fingerprint density at radius 1 is 1.11 bits per heavy atom. The topological polar surface area (TPSA) is 37.8 Å². The number of aryl methyl sites for hydroxylation is 2. The van der Waals surface area contributed by atoms with E-state index in [-0.39, 0.29) is 6.04 Å². The van der Waals surface area contributed by atoms with Crippen LogP contribution in [0.3, 0.4) is 0 Å². The summed E-state index contributed by atoms with van der Waals surface area (Å²) in [5.74, 6) is 0. The second-order valence-electron chi connectivity index (χ2n) is 4.82. The minimum atomic E-state index is 0.118. The van der Waals surface area contributed by atoms with E-state index >= 15 is 0 Å². The summed E-state index contributed by atoms with van der Waals surface area (Å²) in [5, 5.41) is 3.55. The van der Waals surface area contributed by atoms with Crippen molar-refractivity contribution in [3.63, 3.8) is 0 Å². The zero-order chi connectivity index (χ0) is 13.7. The molecule has 0 aliphatic heterocycles. The highest BCUT2D eigenvalue weighted by Gasteiger charge is 2.14. The van der Waals surface area contributed by atoms with E-state index in [2.05, 4.69) is 40.4 Å². The number of aromatic nitrogens is 2. The van der Waals surface area contributed by atoms with Crippen LogP contribution in [-0.4, -0.2) is 16.5 Å². The van der Waals surface area contributed by atoms with E-state index in [1.807, 2.05) is 32.2 Å². The average Bonchev–Trinajstić information content (AvgIpc) is 2.41. The molecule has 3 heteroatoms. The minimum Gasteiger partial charge on any atom is -0.305 e. The van der Waals surface area contributed by atoms with Gasteiger partial charge in [-0.2, -0.15) is 0 Å². The normalized spacial score (nSPS) is 12.4. The maximum Gasteiger partial charge on any atom is 0.0766 e. The molecule has 2 aromatic rings. The molecule has 1 unspecified atom stereocenters. The van der Waals surface area contributed by atoms with E-state index in [1.54, 1.807) is 0 Å². The molecule has 0 fully saturated rings. The van der Waals surface area contributed by atoms with Crippen molar-refractivity contribution in [3.8, 4) is 0 Å². The van der Waals surface area contributed by atoms with Crippen LogP contribution in [0.25, 0.3) is 0 Å². The van der Waals surface area contributed by atoms with Gasteiger partial charge in [-0.05, 0) is 50.6 Å². The molecule has 0 amide bonds. The summed E-state index contributed by atoms with van der Waals surface area (Å²) < 4.78 is 0. The summed E-state index contributed by atoms with van der Waals surface area (Å²) in [7, 11) is 0. The van der Waals surface area contributed by atoms with Gasteiger partial charge in [0.1, 0.15) is 0 Å². The van der Waals surface area contributed by atoms with Gasteiger partial charge >= 0.3 is 0 Å². The van der Waals surface area contributed by atoms with E-state index < -0.39 is 0 Å². The van der Waals surface area contributed by atoms with Crippen molar-refractivity contribution < 1.29 is 0 Å². The van der Waals surface area contributed by atoms with E-state index in [1.165, 1.54) is 0 Å². The van der Waals surface area contributed by atoms with Crippen LogP contribution >= 0.6 is 0 Å². The van der Waals surface area contributed by atoms with Gasteiger partial charge in [0.05, 0.1) is 11.7 Å². The number of hydrogen-bond acceptors (Lipinski definition) is 3. The second-order valence-corrected chi connectivity index (χ2v) is 4.82. The number of nitrogens with zero attached hydrogens (tertiary/aromatic N) is 2. The molecule has 0 bridgehead atoms. The molecule has 0 spiro atoms. The van der Waals surface area contributed by atoms with Crippen molar-refractivity contribution in [1.82, 2.24) is 15.3 Å². The first-order valence-electron chi connectivity index (χ1n) is 6.80. The van der Waals surface area contributed by atoms with Crippen LogP contribution < -0.4 is 5.32 Å². The van der Waals surface area contributed by atoms with Crippen molar-refractivity contribution in [2.45, 2.75) is 33.2 Å². The lowest BCUT2D eigenvalue weighted by molar-refractivity contribution is 0.583. The van der Waals surface area contributed by atoms with E-state index in [0.717, 1.165) is 35.6 Å². The Hall–Kier alpha value is -1.74. The summed E-state index contributed by atoms with van der Waals surface area (Å²) in [6.07, 6.45) is 3.04. The number of pyridine rings is 2. The third-order valence-corrected chi connectivity index (χ3v) is 3.07. The van der Waals surface area contributed by atoms with Gasteiger partial charge in [0.15, 0.2) is 0 Å². The van der Waals surface area contributed by atoms with Crippen molar-refractivity contribution in [2.24, 2.45) is 0 Å². The zero-order valence-corrected chi connectivity index (χ0v) is 11.9. The predicted molar refractivity (Wildman–Crippen MR) is 78.1 cm³/mol. The maximum atomic E-state index is 4.63. The van der Waals surface area contributed by atoms with Gasteiger partial charge in [-0.1, -0.05) is 19.1 Å². The van der Waals surface area contributed by atoms with Crippen molar-refractivity contribution in [3.05, 3.63) is 59.2 Å². The molecule has 1 atom stereocenters. The molecule has 3 nitrogen and oxygen atoms in total. The fraction of sp³-hybridized carbons (Fsp3) is 0.375. The number of nitrogens with one attached hydrogen (secondary N) is 1. The van der Waals surface area contributed by atoms with Gasteiger partial charge in [-0.25, -0.2) is 0 Å². The van der Waals surface area contributed by atoms with E-state index in [0.29, 0.717) is 0 Å². The van der Waals surface area contributed by atoms with Gasteiger partial charge in [-0.3, -0.25) is 9.97 Å². The number of hydrogen-bond donors (Lipinski definition) is 1. The Morgan fingerprint density at radius 2 is 1.95 bits per heavy atom. The third kappa shape index (κ3) is 3.61. The van der Waals surface area contributed by atoms with Crippen LogP contribution in [0, 0.1) is 13.8 Å². The molecule has 19 heavy (non-hydrogen) atoms. The van der Waals surface area contributed by atoms with Crippen LogP contribution in [0.1, 0.15) is 42.0 Å². The summed E-state index contributed by atoms with van der Waals surface area (Å²) in [6, 6.07) is 10.4. The molecule has 2 heterocycles. The highest BCUT2D eigenvalue weighted by Crippen LogP contribution is 2.20. The van der Waals surface area contributed by atoms with Crippen LogP contribution in [0.2, 0.25) is 0 Å². The average molecular weight is 255 g/mol. The predicted octanol–water partition coefficient (Wildman–Crippen LogP) is 3.18. The molecule has 1 N–H and O–H groups in total. The first-order chi connectivity index (χ1) is 9.20. The highest BCUT2D eigenvalue weighted by molar-refractivity contribution is 5.27. The van der Waals surface area contributed by atoms with Gasteiger partial charge in [0, 0.05) is 17.6 Å². The van der Waals surface area contributed by atoms with E-state index in [9.17, 15) is 0 Å². The van der Waals surface area contributed by atoms with Crippen molar-refractivity contribution >= 4 is 0 Å². The Labute approximate surface area is 115 Å². The monoisotopic (exact) mass is 255 g/mol. The summed E-state index contributed by atoms with van der Waals surface area (Å²) in [5.41, 5.74) is 4.30. The van der Waals surface area contributed by atoms with Crippen LogP contribution in [0.15, 0.2) is 36.5 Å². The Bertz CT molecular complexity index is 520. The Kier molecular flexibility index (Phi) is 4.63.